The molecule has 2 N–H and O–H groups in total. The van der Waals surface area contributed by atoms with Gasteiger partial charge in [-0.2, -0.15) is 0 Å². The number of rotatable bonds is 5. The molecule has 2 aromatic rings. The summed E-state index contributed by atoms with van der Waals surface area (Å²) in [5.41, 5.74) is -0.00154. The van der Waals surface area contributed by atoms with Gasteiger partial charge in [-0.3, -0.25) is 4.79 Å². The highest BCUT2D eigenvalue weighted by Crippen LogP contribution is 2.29. The molecule has 1 fully saturated rings. The van der Waals surface area contributed by atoms with Crippen LogP contribution in [-0.4, -0.2) is 39.3 Å². The van der Waals surface area contributed by atoms with E-state index in [-0.39, 0.29) is 17.1 Å². The van der Waals surface area contributed by atoms with Gasteiger partial charge in [0.15, 0.2) is 0 Å². The zero-order valence-electron chi connectivity index (χ0n) is 13.2. The number of piperidine rings is 1. The van der Waals surface area contributed by atoms with Crippen LogP contribution in [0.3, 0.4) is 0 Å². The molecular formula is C17H21FN2O2S. The Hall–Kier alpha value is -1.50. The molecule has 3 rings (SSSR count). The molecular weight excluding hydrogens is 315 g/mol. The Morgan fingerprint density at radius 3 is 2.91 bits per heavy atom. The Balaban J connectivity index is 1.69. The van der Waals surface area contributed by atoms with Gasteiger partial charge in [-0.25, -0.2) is 4.39 Å². The number of carbonyl (C=O) groups excluding carboxylic acids is 1. The molecule has 0 spiro atoms. The number of methoxy groups -OCH3 is 1. The topological polar surface area (TPSA) is 50.4 Å². The van der Waals surface area contributed by atoms with E-state index in [1.165, 1.54) is 23.5 Å². The van der Waals surface area contributed by atoms with E-state index in [0.717, 1.165) is 36.0 Å². The van der Waals surface area contributed by atoms with Crippen LogP contribution in [0.15, 0.2) is 24.3 Å². The Bertz CT molecular complexity index is 689. The van der Waals surface area contributed by atoms with Gasteiger partial charge >= 0.3 is 0 Å². The van der Waals surface area contributed by atoms with Crippen LogP contribution in [0.2, 0.25) is 0 Å². The number of thiophene rings is 1. The molecule has 1 saturated heterocycles. The van der Waals surface area contributed by atoms with E-state index in [1.54, 1.807) is 19.2 Å². The van der Waals surface area contributed by atoms with Crippen LogP contribution in [0.1, 0.15) is 22.5 Å². The van der Waals surface area contributed by atoms with Gasteiger partial charge in [0.1, 0.15) is 5.82 Å². The summed E-state index contributed by atoms with van der Waals surface area (Å²) in [6.45, 7) is 3.14. The van der Waals surface area contributed by atoms with Crippen LogP contribution < -0.4 is 10.6 Å². The molecule has 0 radical (unpaired) electrons. The Morgan fingerprint density at radius 2 is 2.17 bits per heavy atom. The van der Waals surface area contributed by atoms with Crippen LogP contribution in [0, 0.1) is 11.2 Å². The minimum absolute atomic E-state index is 0.00154. The van der Waals surface area contributed by atoms with Crippen molar-refractivity contribution in [3.63, 3.8) is 0 Å². The van der Waals surface area contributed by atoms with E-state index < -0.39 is 0 Å². The molecule has 0 unspecified atom stereocenters. The first-order chi connectivity index (χ1) is 11.1. The van der Waals surface area contributed by atoms with Crippen LogP contribution in [0.5, 0.6) is 0 Å². The maximum atomic E-state index is 13.3. The largest absolute Gasteiger partial charge is 0.384 e. The fourth-order valence-corrected chi connectivity index (χ4v) is 4.08. The number of amides is 1. The second kappa shape index (κ2) is 6.95. The lowest BCUT2D eigenvalue weighted by Gasteiger charge is -2.37. The molecule has 0 atom stereocenters. The van der Waals surface area contributed by atoms with Crippen molar-refractivity contribution >= 4 is 27.3 Å². The monoisotopic (exact) mass is 336 g/mol. The quantitative estimate of drug-likeness (QED) is 0.883. The number of benzene rings is 1. The molecule has 6 heteroatoms. The first kappa shape index (κ1) is 16.4. The van der Waals surface area contributed by atoms with Crippen molar-refractivity contribution in [1.82, 2.24) is 10.6 Å². The highest BCUT2D eigenvalue weighted by molar-refractivity contribution is 7.20. The Kier molecular flexibility index (Phi) is 4.94. The minimum atomic E-state index is -0.281. The van der Waals surface area contributed by atoms with Gasteiger partial charge in [-0.05, 0) is 55.6 Å². The average molecular weight is 336 g/mol. The van der Waals surface area contributed by atoms with Gasteiger partial charge in [0.05, 0.1) is 11.5 Å². The first-order valence-electron chi connectivity index (χ1n) is 7.79. The summed E-state index contributed by atoms with van der Waals surface area (Å²) in [5.74, 6) is -0.378. The minimum Gasteiger partial charge on any atom is -0.384 e. The second-order valence-corrected chi connectivity index (χ2v) is 7.24. The summed E-state index contributed by atoms with van der Waals surface area (Å²) in [5, 5.41) is 7.15. The average Bonchev–Trinajstić information content (AvgIpc) is 2.97. The van der Waals surface area contributed by atoms with Gasteiger partial charge < -0.3 is 15.4 Å². The SMILES string of the molecule is COCC1(CNC(=O)c2cc3cc(F)ccc3s2)CCNCC1. The third kappa shape index (κ3) is 3.71. The molecule has 1 aromatic heterocycles. The van der Waals surface area contributed by atoms with E-state index >= 15 is 0 Å². The van der Waals surface area contributed by atoms with Crippen LogP contribution in [-0.2, 0) is 4.74 Å². The number of fused-ring (bicyclic) bond motifs is 1. The normalized spacial score (nSPS) is 17.3. The lowest BCUT2D eigenvalue weighted by Crippen LogP contribution is -2.47. The lowest BCUT2D eigenvalue weighted by molar-refractivity contribution is 0.0512. The number of halogens is 1. The van der Waals surface area contributed by atoms with Crippen molar-refractivity contribution in [3.8, 4) is 0 Å². The van der Waals surface area contributed by atoms with E-state index in [2.05, 4.69) is 10.6 Å². The third-order valence-corrected chi connectivity index (χ3v) is 5.56. The summed E-state index contributed by atoms with van der Waals surface area (Å²) in [6.07, 6.45) is 1.97. The molecule has 1 aliphatic heterocycles. The van der Waals surface area contributed by atoms with Crippen molar-refractivity contribution in [1.29, 1.82) is 0 Å². The molecule has 4 nitrogen and oxygen atoms in total. The van der Waals surface area contributed by atoms with Crippen LogP contribution in [0.4, 0.5) is 4.39 Å². The second-order valence-electron chi connectivity index (χ2n) is 6.16. The zero-order valence-corrected chi connectivity index (χ0v) is 14.0. The molecule has 1 amide bonds. The standard InChI is InChI=1S/C17H21FN2O2S/c1-22-11-17(4-6-19-7-5-17)10-20-16(21)15-9-12-8-13(18)2-3-14(12)23-15/h2-3,8-9,19H,4-7,10-11H2,1H3,(H,20,21). The molecule has 23 heavy (non-hydrogen) atoms. The zero-order chi connectivity index (χ0) is 16.3. The molecule has 0 aliphatic carbocycles. The summed E-state index contributed by atoms with van der Waals surface area (Å²) in [4.78, 5) is 13.1. The molecule has 2 heterocycles. The highest BCUT2D eigenvalue weighted by atomic mass is 32.1. The fourth-order valence-electron chi connectivity index (χ4n) is 3.12. The van der Waals surface area contributed by atoms with Crippen molar-refractivity contribution in [2.45, 2.75) is 12.8 Å². The number of nitrogens with one attached hydrogen (secondary N) is 2. The van der Waals surface area contributed by atoms with Gasteiger partial charge in [-0.15, -0.1) is 11.3 Å². The molecule has 0 saturated carbocycles. The third-order valence-electron chi connectivity index (χ3n) is 4.44. The van der Waals surface area contributed by atoms with Crippen LogP contribution >= 0.6 is 11.3 Å². The molecule has 1 aliphatic rings. The summed E-state index contributed by atoms with van der Waals surface area (Å²) < 4.78 is 19.5. The predicted molar refractivity (Wildman–Crippen MR) is 90.5 cm³/mol. The van der Waals surface area contributed by atoms with Gasteiger partial charge in [0.2, 0.25) is 0 Å². The van der Waals surface area contributed by atoms with E-state index in [0.29, 0.717) is 18.0 Å². The fraction of sp³-hybridized carbons (Fsp3) is 0.471. The van der Waals surface area contributed by atoms with Gasteiger partial charge in [0, 0.05) is 23.8 Å². The number of ether oxygens (including phenoxy) is 1. The van der Waals surface area contributed by atoms with Gasteiger partial charge in [-0.1, -0.05) is 0 Å². The maximum absolute atomic E-state index is 13.3. The van der Waals surface area contributed by atoms with E-state index in [9.17, 15) is 9.18 Å². The predicted octanol–water partition coefficient (Wildman–Crippen LogP) is 2.79. The number of hydrogen-bond donors (Lipinski definition) is 2. The Morgan fingerprint density at radius 1 is 1.39 bits per heavy atom. The summed E-state index contributed by atoms with van der Waals surface area (Å²) >= 11 is 1.39. The lowest BCUT2D eigenvalue weighted by atomic mass is 9.79. The molecule has 124 valence electrons. The van der Waals surface area contributed by atoms with Crippen molar-refractivity contribution in [2.24, 2.45) is 5.41 Å². The van der Waals surface area contributed by atoms with Crippen molar-refractivity contribution in [2.75, 3.05) is 33.4 Å². The molecule has 1 aromatic carbocycles. The maximum Gasteiger partial charge on any atom is 0.261 e. The first-order valence-corrected chi connectivity index (χ1v) is 8.61. The van der Waals surface area contributed by atoms with Gasteiger partial charge in [0.25, 0.3) is 5.91 Å². The number of hydrogen-bond acceptors (Lipinski definition) is 4. The van der Waals surface area contributed by atoms with Crippen LogP contribution in [0.25, 0.3) is 10.1 Å². The van der Waals surface area contributed by atoms with E-state index in [4.69, 9.17) is 4.74 Å². The summed E-state index contributed by atoms with van der Waals surface area (Å²) in [7, 11) is 1.70. The molecule has 0 bridgehead atoms. The summed E-state index contributed by atoms with van der Waals surface area (Å²) in [6, 6.07) is 6.35. The van der Waals surface area contributed by atoms with Crippen molar-refractivity contribution < 1.29 is 13.9 Å². The highest BCUT2D eigenvalue weighted by Gasteiger charge is 2.32. The van der Waals surface area contributed by atoms with E-state index in [1.807, 2.05) is 0 Å². The smallest absolute Gasteiger partial charge is 0.261 e. The van der Waals surface area contributed by atoms with Crippen molar-refractivity contribution in [3.05, 3.63) is 35.0 Å². The Labute approximate surface area is 139 Å². The number of carbonyl (C=O) groups is 1.